The van der Waals surface area contributed by atoms with Gasteiger partial charge in [-0.3, -0.25) is 0 Å². The molecule has 3 aromatic rings. The predicted octanol–water partition coefficient (Wildman–Crippen LogP) is 4.39. The summed E-state index contributed by atoms with van der Waals surface area (Å²) in [6, 6.07) is 11.2. The lowest BCUT2D eigenvalue weighted by molar-refractivity contribution is 0.396. The molecule has 3 rings (SSSR count). The number of hydrogen-bond donors (Lipinski definition) is 0. The summed E-state index contributed by atoms with van der Waals surface area (Å²) in [5, 5.41) is 0.779. The Balaban J connectivity index is 2.37. The molecule has 118 valence electrons. The summed E-state index contributed by atoms with van der Waals surface area (Å²) in [5.41, 5.74) is 2.30. The fourth-order valence-corrected chi connectivity index (χ4v) is 3.03. The highest BCUT2D eigenvalue weighted by Gasteiger charge is 2.17. The maximum atomic E-state index is 12.5. The van der Waals surface area contributed by atoms with Gasteiger partial charge in [-0.2, -0.15) is 0 Å². The van der Waals surface area contributed by atoms with Gasteiger partial charge in [0.1, 0.15) is 17.1 Å². The fourth-order valence-electron chi connectivity index (χ4n) is 2.67. The van der Waals surface area contributed by atoms with Gasteiger partial charge in [0.05, 0.1) is 25.2 Å². The third-order valence-corrected chi connectivity index (χ3v) is 4.50. The molecular weight excluding hydrogens is 407 g/mol. The minimum absolute atomic E-state index is 0.369. The van der Waals surface area contributed by atoms with E-state index in [2.05, 4.69) is 22.6 Å². The summed E-state index contributed by atoms with van der Waals surface area (Å²) in [4.78, 5) is 12.5. The maximum absolute atomic E-state index is 12.5. The van der Waals surface area contributed by atoms with Crippen LogP contribution in [0.1, 0.15) is 5.56 Å². The first-order chi connectivity index (χ1) is 11.0. The molecule has 0 aliphatic heterocycles. The first-order valence-electron chi connectivity index (χ1n) is 7.00. The monoisotopic (exact) mass is 422 g/mol. The number of benzene rings is 2. The number of fused-ring (bicyclic) bond motifs is 1. The normalized spacial score (nSPS) is 10.8. The molecule has 0 saturated heterocycles. The largest absolute Gasteiger partial charge is 0.496 e. The lowest BCUT2D eigenvalue weighted by Crippen LogP contribution is -2.07. The Morgan fingerprint density at radius 1 is 1.04 bits per heavy atom. The smallest absolute Gasteiger partial charge is 0.344 e. The molecule has 0 fully saturated rings. The molecular formula is C18H15IO4. The van der Waals surface area contributed by atoms with Gasteiger partial charge >= 0.3 is 5.63 Å². The van der Waals surface area contributed by atoms with Gasteiger partial charge in [0.25, 0.3) is 0 Å². The van der Waals surface area contributed by atoms with Gasteiger partial charge in [-0.25, -0.2) is 4.79 Å². The summed E-state index contributed by atoms with van der Waals surface area (Å²) in [6.07, 6.45) is 0. The second-order valence-electron chi connectivity index (χ2n) is 5.10. The highest BCUT2D eigenvalue weighted by atomic mass is 127. The van der Waals surface area contributed by atoms with Crippen molar-refractivity contribution in [3.63, 3.8) is 0 Å². The van der Waals surface area contributed by atoms with Crippen LogP contribution in [0, 0.1) is 10.5 Å². The summed E-state index contributed by atoms with van der Waals surface area (Å²) in [5.74, 6) is 1.20. The van der Waals surface area contributed by atoms with Crippen LogP contribution in [-0.4, -0.2) is 14.2 Å². The highest BCUT2D eigenvalue weighted by molar-refractivity contribution is 14.1. The average molecular weight is 422 g/mol. The average Bonchev–Trinajstić information content (AvgIpc) is 2.55. The van der Waals surface area contributed by atoms with Gasteiger partial charge in [0.2, 0.25) is 0 Å². The summed E-state index contributed by atoms with van der Waals surface area (Å²) >= 11 is 2.23. The molecule has 1 aromatic heterocycles. The van der Waals surface area contributed by atoms with Gasteiger partial charge < -0.3 is 13.9 Å². The lowest BCUT2D eigenvalue weighted by atomic mass is 9.99. The molecule has 0 atom stereocenters. The van der Waals surface area contributed by atoms with E-state index in [0.717, 1.165) is 20.1 Å². The lowest BCUT2D eigenvalue weighted by Gasteiger charge is -2.12. The highest BCUT2D eigenvalue weighted by Crippen LogP contribution is 2.36. The standard InChI is InChI=1S/C18H15IO4/c1-10-16(11-4-6-12(19)7-5-11)18(20)23-15-9-13(21-2)8-14(22-3)17(10)15/h4-9H,1-3H3. The van der Waals surface area contributed by atoms with Crippen molar-refractivity contribution in [1.82, 2.24) is 0 Å². The fraction of sp³-hybridized carbons (Fsp3) is 0.167. The molecule has 2 aromatic carbocycles. The van der Waals surface area contributed by atoms with Crippen molar-refractivity contribution in [1.29, 1.82) is 0 Å². The third-order valence-electron chi connectivity index (χ3n) is 3.78. The number of halogens is 1. The Morgan fingerprint density at radius 2 is 1.74 bits per heavy atom. The molecule has 23 heavy (non-hydrogen) atoms. The van der Waals surface area contributed by atoms with Crippen molar-refractivity contribution in [3.05, 3.63) is 56.0 Å². The topological polar surface area (TPSA) is 48.7 Å². The zero-order valence-electron chi connectivity index (χ0n) is 13.0. The summed E-state index contributed by atoms with van der Waals surface area (Å²) < 4.78 is 17.3. The van der Waals surface area contributed by atoms with Crippen molar-refractivity contribution < 1.29 is 13.9 Å². The Morgan fingerprint density at radius 3 is 2.35 bits per heavy atom. The quantitative estimate of drug-likeness (QED) is 0.464. The number of hydrogen-bond acceptors (Lipinski definition) is 4. The van der Waals surface area contributed by atoms with E-state index in [-0.39, 0.29) is 5.63 Å². The number of ether oxygens (including phenoxy) is 2. The van der Waals surface area contributed by atoms with Crippen molar-refractivity contribution in [3.8, 4) is 22.6 Å². The van der Waals surface area contributed by atoms with Gasteiger partial charge in [0.15, 0.2) is 0 Å². The minimum atomic E-state index is -0.369. The molecule has 0 amide bonds. The Bertz CT molecular complexity index is 926. The van der Waals surface area contributed by atoms with Gasteiger partial charge in [0, 0.05) is 15.7 Å². The van der Waals surface area contributed by atoms with E-state index in [1.165, 1.54) is 0 Å². The second-order valence-corrected chi connectivity index (χ2v) is 6.34. The number of aryl methyl sites for hydroxylation is 1. The third kappa shape index (κ3) is 2.81. The number of methoxy groups -OCH3 is 2. The molecule has 1 heterocycles. The van der Waals surface area contributed by atoms with E-state index in [1.807, 2.05) is 31.2 Å². The van der Waals surface area contributed by atoms with Crippen LogP contribution >= 0.6 is 22.6 Å². The Labute approximate surface area is 147 Å². The molecule has 5 heteroatoms. The molecule has 4 nitrogen and oxygen atoms in total. The molecule has 0 bridgehead atoms. The van der Waals surface area contributed by atoms with Crippen LogP contribution < -0.4 is 15.1 Å². The first-order valence-corrected chi connectivity index (χ1v) is 8.08. The molecule has 0 aliphatic carbocycles. The van der Waals surface area contributed by atoms with Crippen LogP contribution in [0.4, 0.5) is 0 Å². The van der Waals surface area contributed by atoms with E-state index in [4.69, 9.17) is 13.9 Å². The van der Waals surface area contributed by atoms with Crippen LogP contribution in [0.2, 0.25) is 0 Å². The zero-order chi connectivity index (χ0) is 16.6. The van der Waals surface area contributed by atoms with Gasteiger partial charge in [-0.15, -0.1) is 0 Å². The molecule has 0 radical (unpaired) electrons. The van der Waals surface area contributed by atoms with Crippen molar-refractivity contribution in [2.24, 2.45) is 0 Å². The second kappa shape index (κ2) is 6.23. The molecule has 0 spiro atoms. The van der Waals surface area contributed by atoms with Crippen molar-refractivity contribution in [2.45, 2.75) is 6.92 Å². The summed E-state index contributed by atoms with van der Waals surface area (Å²) in [7, 11) is 3.15. The molecule has 0 N–H and O–H groups in total. The number of rotatable bonds is 3. The van der Waals surface area contributed by atoms with E-state index in [0.29, 0.717) is 22.6 Å². The first kappa shape index (κ1) is 15.9. The van der Waals surface area contributed by atoms with Crippen LogP contribution in [0.25, 0.3) is 22.1 Å². The van der Waals surface area contributed by atoms with Gasteiger partial charge in [-0.05, 0) is 52.8 Å². The predicted molar refractivity (Wildman–Crippen MR) is 98.5 cm³/mol. The molecule has 0 unspecified atom stereocenters. The van der Waals surface area contributed by atoms with Crippen LogP contribution in [0.3, 0.4) is 0 Å². The Kier molecular flexibility index (Phi) is 4.30. The van der Waals surface area contributed by atoms with Crippen LogP contribution in [0.5, 0.6) is 11.5 Å². The van der Waals surface area contributed by atoms with E-state index in [1.54, 1.807) is 26.4 Å². The van der Waals surface area contributed by atoms with E-state index < -0.39 is 0 Å². The SMILES string of the molecule is COc1cc(OC)c2c(C)c(-c3ccc(I)cc3)c(=O)oc2c1. The summed E-state index contributed by atoms with van der Waals surface area (Å²) in [6.45, 7) is 1.90. The Hall–Kier alpha value is -2.02. The van der Waals surface area contributed by atoms with E-state index in [9.17, 15) is 4.79 Å². The molecule has 0 saturated carbocycles. The molecule has 0 aliphatic rings. The van der Waals surface area contributed by atoms with Crippen LogP contribution in [-0.2, 0) is 0 Å². The van der Waals surface area contributed by atoms with E-state index >= 15 is 0 Å². The zero-order valence-corrected chi connectivity index (χ0v) is 15.1. The maximum Gasteiger partial charge on any atom is 0.344 e. The van der Waals surface area contributed by atoms with Gasteiger partial charge in [-0.1, -0.05) is 12.1 Å². The van der Waals surface area contributed by atoms with Crippen LogP contribution in [0.15, 0.2) is 45.6 Å². The minimum Gasteiger partial charge on any atom is -0.496 e. The van der Waals surface area contributed by atoms with Crippen molar-refractivity contribution >= 4 is 33.6 Å². The van der Waals surface area contributed by atoms with Crippen molar-refractivity contribution in [2.75, 3.05) is 14.2 Å².